The lowest BCUT2D eigenvalue weighted by Gasteiger charge is -2.47. The molecule has 3 aliphatic rings. The second-order valence-electron chi connectivity index (χ2n) is 12.8. The average molecular weight is 653 g/mol. The number of alkyl halides is 1. The van der Waals surface area contributed by atoms with Crippen LogP contribution in [0.1, 0.15) is 98.3 Å². The van der Waals surface area contributed by atoms with Crippen molar-refractivity contribution < 1.29 is 9.59 Å². The zero-order valence-electron chi connectivity index (χ0n) is 26.1. The molecule has 0 radical (unpaired) electrons. The first-order valence-corrected chi connectivity index (χ1v) is 16.5. The van der Waals surface area contributed by atoms with Crippen molar-refractivity contribution >= 4 is 46.6 Å². The van der Waals surface area contributed by atoms with Crippen molar-refractivity contribution in [2.24, 2.45) is 33.5 Å². The fourth-order valence-corrected chi connectivity index (χ4v) is 8.25. The summed E-state index contributed by atoms with van der Waals surface area (Å²) in [6.45, 7) is 6.66. The summed E-state index contributed by atoms with van der Waals surface area (Å²) >= 11 is 12.8. The highest BCUT2D eigenvalue weighted by Gasteiger charge is 2.53. The van der Waals surface area contributed by atoms with Gasteiger partial charge in [0.1, 0.15) is 17.2 Å². The standard InChI is InChI=1S/C34H43Cl2N7O2/c1-4-29(23-7-11-25(12-8-23)32(44)39-19-30(37)41-42-38)43-33(45)31(40-34(43)17-20(2)13-21(3)18-34)24-9-5-22(6-10-24)26-14-27(35)16-28(36)15-26/h5-12,16,20-21,26-27,29,42H,4,13-15,17-19,38H2,1-3H3,(H2,37,41)(H,39,44)/t20?,21?,26?,27?,29-,34?/m1/s1. The van der Waals surface area contributed by atoms with Gasteiger partial charge in [-0.1, -0.05) is 74.8 Å². The number of hydrazone groups is 1. The van der Waals surface area contributed by atoms with Gasteiger partial charge in [-0.05, 0) is 79.5 Å². The SMILES string of the molecule is CC[C@H](c1ccc(C(=O)NC/C(N)=N/NN)cc1)N1C(=O)C(c2ccc(C3CC(Cl)=CC(Cl)C3)cc2)=NC12CC(C)CC(C)C2. The number of amides is 2. The van der Waals surface area contributed by atoms with Crippen LogP contribution >= 0.6 is 23.2 Å². The van der Waals surface area contributed by atoms with Gasteiger partial charge in [0.05, 0.1) is 18.0 Å². The fourth-order valence-electron chi connectivity index (χ4n) is 7.48. The third-order valence-electron chi connectivity index (χ3n) is 9.21. The molecule has 0 bridgehead atoms. The Balaban J connectivity index is 1.42. The van der Waals surface area contributed by atoms with Crippen LogP contribution in [0.25, 0.3) is 0 Å². The molecule has 1 heterocycles. The number of amidine groups is 1. The molecule has 0 saturated heterocycles. The van der Waals surface area contributed by atoms with Crippen LogP contribution in [0.3, 0.4) is 0 Å². The Labute approximate surface area is 275 Å². The van der Waals surface area contributed by atoms with Gasteiger partial charge in [-0.25, -0.2) is 11.4 Å². The second kappa shape index (κ2) is 13.9. The molecule has 5 atom stereocenters. The topological polar surface area (TPSA) is 138 Å². The summed E-state index contributed by atoms with van der Waals surface area (Å²) in [5.41, 5.74) is 11.1. The van der Waals surface area contributed by atoms with Gasteiger partial charge in [0, 0.05) is 16.2 Å². The van der Waals surface area contributed by atoms with E-state index in [0.717, 1.165) is 53.8 Å². The molecule has 1 aliphatic heterocycles. The smallest absolute Gasteiger partial charge is 0.275 e. The number of hydrogen-bond acceptors (Lipinski definition) is 6. The molecular formula is C34H43Cl2N7O2. The Morgan fingerprint density at radius 2 is 1.78 bits per heavy atom. The zero-order valence-corrected chi connectivity index (χ0v) is 27.6. The van der Waals surface area contributed by atoms with Crippen LogP contribution in [-0.2, 0) is 4.79 Å². The minimum atomic E-state index is -0.625. The lowest BCUT2D eigenvalue weighted by Crippen LogP contribution is -2.52. The number of halogens is 2. The van der Waals surface area contributed by atoms with Gasteiger partial charge in [0.15, 0.2) is 0 Å². The Bertz CT molecular complexity index is 1480. The first kappa shape index (κ1) is 33.0. The van der Waals surface area contributed by atoms with Crippen molar-refractivity contribution in [2.75, 3.05) is 6.54 Å². The molecule has 2 amide bonds. The van der Waals surface area contributed by atoms with E-state index in [1.54, 1.807) is 12.1 Å². The molecule has 11 heteroatoms. The lowest BCUT2D eigenvalue weighted by atomic mass is 9.75. The van der Waals surface area contributed by atoms with Crippen molar-refractivity contribution in [1.29, 1.82) is 0 Å². The molecule has 4 unspecified atom stereocenters. The van der Waals surface area contributed by atoms with Crippen molar-refractivity contribution in [3.63, 3.8) is 0 Å². The van der Waals surface area contributed by atoms with E-state index in [1.165, 1.54) is 0 Å². The largest absolute Gasteiger partial charge is 0.384 e. The number of carbonyl (C=O) groups excluding carboxylic acids is 2. The number of nitrogens with zero attached hydrogens (tertiary/aromatic N) is 3. The van der Waals surface area contributed by atoms with E-state index in [0.29, 0.717) is 29.5 Å². The maximum Gasteiger partial charge on any atom is 0.275 e. The van der Waals surface area contributed by atoms with Gasteiger partial charge >= 0.3 is 0 Å². The van der Waals surface area contributed by atoms with E-state index >= 15 is 0 Å². The van der Waals surface area contributed by atoms with Gasteiger partial charge in [0.2, 0.25) is 0 Å². The molecule has 2 aliphatic carbocycles. The number of nitrogens with one attached hydrogen (secondary N) is 2. The van der Waals surface area contributed by atoms with Gasteiger partial charge in [0.25, 0.3) is 11.8 Å². The number of allylic oxidation sites excluding steroid dienone is 2. The van der Waals surface area contributed by atoms with E-state index in [9.17, 15) is 9.59 Å². The quantitative estimate of drug-likeness (QED) is 0.0907. The fraction of sp³-hybridized carbons (Fsp3) is 0.471. The zero-order chi connectivity index (χ0) is 32.3. The average Bonchev–Trinajstić information content (AvgIpc) is 3.26. The summed E-state index contributed by atoms with van der Waals surface area (Å²) in [6.07, 6.45) is 6.96. The van der Waals surface area contributed by atoms with E-state index in [4.69, 9.17) is 39.8 Å². The van der Waals surface area contributed by atoms with Crippen LogP contribution in [0, 0.1) is 11.8 Å². The number of aliphatic imine (C=N–C) groups is 1. The summed E-state index contributed by atoms with van der Waals surface area (Å²) in [5, 5.41) is 7.09. The molecule has 240 valence electrons. The molecule has 6 N–H and O–H groups in total. The summed E-state index contributed by atoms with van der Waals surface area (Å²) in [5.74, 6) is 6.06. The molecule has 5 rings (SSSR count). The number of carbonyl (C=O) groups is 2. The van der Waals surface area contributed by atoms with Crippen molar-refractivity contribution in [3.05, 3.63) is 81.9 Å². The Morgan fingerprint density at radius 1 is 1.11 bits per heavy atom. The summed E-state index contributed by atoms with van der Waals surface area (Å²) in [4.78, 5) is 34.5. The molecule has 1 saturated carbocycles. The maximum absolute atomic E-state index is 14.5. The van der Waals surface area contributed by atoms with Crippen LogP contribution in [0.4, 0.5) is 0 Å². The number of rotatable bonds is 9. The third-order valence-corrected chi connectivity index (χ3v) is 9.79. The van der Waals surface area contributed by atoms with Crippen molar-refractivity contribution in [3.8, 4) is 0 Å². The van der Waals surface area contributed by atoms with Crippen molar-refractivity contribution in [1.82, 2.24) is 15.8 Å². The Morgan fingerprint density at radius 3 is 2.38 bits per heavy atom. The molecule has 1 fully saturated rings. The monoisotopic (exact) mass is 651 g/mol. The van der Waals surface area contributed by atoms with Crippen LogP contribution in [0.2, 0.25) is 0 Å². The number of benzene rings is 2. The van der Waals surface area contributed by atoms with E-state index in [2.05, 4.69) is 48.9 Å². The van der Waals surface area contributed by atoms with Gasteiger partial charge in [-0.3, -0.25) is 14.6 Å². The molecule has 45 heavy (non-hydrogen) atoms. The Hall–Kier alpha value is -3.40. The highest BCUT2D eigenvalue weighted by atomic mass is 35.5. The number of hydrogen-bond donors (Lipinski definition) is 4. The molecule has 2 aromatic carbocycles. The van der Waals surface area contributed by atoms with Crippen molar-refractivity contribution in [2.45, 2.75) is 82.3 Å². The van der Waals surface area contributed by atoms with E-state index < -0.39 is 5.66 Å². The third kappa shape index (κ3) is 7.21. The van der Waals surface area contributed by atoms with E-state index in [-0.39, 0.29) is 41.5 Å². The maximum atomic E-state index is 14.5. The minimum Gasteiger partial charge on any atom is -0.384 e. The minimum absolute atomic E-state index is 0.0505. The predicted octanol–water partition coefficient (Wildman–Crippen LogP) is 5.69. The summed E-state index contributed by atoms with van der Waals surface area (Å²) in [7, 11) is 0. The number of hydrazine groups is 1. The van der Waals surface area contributed by atoms with Gasteiger partial charge in [-0.15, -0.1) is 11.6 Å². The van der Waals surface area contributed by atoms with E-state index in [1.807, 2.05) is 35.2 Å². The molecular weight excluding hydrogens is 609 g/mol. The molecule has 2 aromatic rings. The van der Waals surface area contributed by atoms with Crippen LogP contribution in [-0.4, -0.2) is 45.8 Å². The van der Waals surface area contributed by atoms with Crippen LogP contribution < -0.4 is 22.4 Å². The molecule has 0 aromatic heterocycles. The van der Waals surface area contributed by atoms with Gasteiger partial charge in [-0.2, -0.15) is 5.10 Å². The second-order valence-corrected chi connectivity index (χ2v) is 13.9. The normalized spacial score (nSPS) is 27.6. The molecule has 9 nitrogen and oxygen atoms in total. The van der Waals surface area contributed by atoms with Crippen LogP contribution in [0.15, 0.2) is 69.7 Å². The van der Waals surface area contributed by atoms with Gasteiger partial charge < -0.3 is 16.0 Å². The number of nitrogens with two attached hydrogens (primary N) is 2. The first-order valence-electron chi connectivity index (χ1n) is 15.7. The first-order chi connectivity index (χ1) is 21.5. The Kier molecular flexibility index (Phi) is 10.2. The highest BCUT2D eigenvalue weighted by molar-refractivity contribution is 6.46. The predicted molar refractivity (Wildman–Crippen MR) is 181 cm³/mol. The highest BCUT2D eigenvalue weighted by Crippen LogP contribution is 2.48. The lowest BCUT2D eigenvalue weighted by molar-refractivity contribution is -0.134. The molecule has 1 spiro atoms. The summed E-state index contributed by atoms with van der Waals surface area (Å²) in [6, 6.07) is 15.4. The summed E-state index contributed by atoms with van der Waals surface area (Å²) < 4.78 is 0. The van der Waals surface area contributed by atoms with Crippen LogP contribution in [0.5, 0.6) is 0 Å².